The smallest absolute Gasteiger partial charge is 0.0702 e. The van der Waals surface area contributed by atoms with E-state index in [1.165, 1.54) is 11.5 Å². The highest BCUT2D eigenvalue weighted by Crippen LogP contribution is 2.44. The first-order valence-corrected chi connectivity index (χ1v) is 9.50. The molecule has 1 spiro atoms. The molecule has 0 saturated carbocycles. The Balaban J connectivity index is 1.60. The van der Waals surface area contributed by atoms with E-state index >= 15 is 0 Å². The quantitative estimate of drug-likeness (QED) is 0.832. The Morgan fingerprint density at radius 2 is 2.14 bits per heavy atom. The molecule has 5 heteroatoms. The third-order valence-corrected chi connectivity index (χ3v) is 6.42. The number of nitrogens with one attached hydrogen (secondary N) is 1. The van der Waals surface area contributed by atoms with Crippen molar-refractivity contribution in [1.29, 1.82) is 0 Å². The maximum Gasteiger partial charge on any atom is 0.0702 e. The van der Waals surface area contributed by atoms with Gasteiger partial charge >= 0.3 is 0 Å². The Morgan fingerprint density at radius 1 is 1.33 bits per heavy atom. The van der Waals surface area contributed by atoms with E-state index in [0.717, 1.165) is 58.5 Å². The van der Waals surface area contributed by atoms with Gasteiger partial charge in [0.1, 0.15) is 0 Å². The highest BCUT2D eigenvalue weighted by Gasteiger charge is 2.45. The van der Waals surface area contributed by atoms with Gasteiger partial charge in [-0.1, -0.05) is 0 Å². The zero-order valence-electron chi connectivity index (χ0n) is 13.1. The van der Waals surface area contributed by atoms with E-state index in [9.17, 15) is 5.11 Å². The minimum absolute atomic E-state index is 0.0502. The van der Waals surface area contributed by atoms with Gasteiger partial charge in [-0.05, 0) is 56.5 Å². The molecular formula is C16H29NO3S. The summed E-state index contributed by atoms with van der Waals surface area (Å²) in [5.41, 5.74) is -0.575. The lowest BCUT2D eigenvalue weighted by Crippen LogP contribution is -2.52. The van der Waals surface area contributed by atoms with Crippen molar-refractivity contribution in [2.45, 2.75) is 56.3 Å². The maximum atomic E-state index is 11.0. The lowest BCUT2D eigenvalue weighted by molar-refractivity contribution is -0.146. The largest absolute Gasteiger partial charge is 0.390 e. The SMILES string of the molecule is CC(O)(CC1COCCN1)C1CCOC2(CCSCC2)C1. The van der Waals surface area contributed by atoms with Crippen LogP contribution in [0.3, 0.4) is 0 Å². The van der Waals surface area contributed by atoms with Gasteiger partial charge in [0.15, 0.2) is 0 Å². The Kier molecular flexibility index (Phi) is 5.16. The van der Waals surface area contributed by atoms with Gasteiger partial charge in [0.05, 0.1) is 24.4 Å². The lowest BCUT2D eigenvalue weighted by Gasteiger charge is -2.48. The molecule has 0 aromatic rings. The normalized spacial score (nSPS) is 36.3. The molecule has 3 aliphatic rings. The van der Waals surface area contributed by atoms with Gasteiger partial charge in [0.25, 0.3) is 0 Å². The van der Waals surface area contributed by atoms with Crippen molar-refractivity contribution in [2.75, 3.05) is 37.9 Å². The van der Waals surface area contributed by atoms with Crippen LogP contribution >= 0.6 is 11.8 Å². The molecule has 3 rings (SSSR count). The predicted octanol–water partition coefficient (Wildman–Crippen LogP) is 1.81. The fourth-order valence-corrected chi connectivity index (χ4v) is 5.30. The second kappa shape index (κ2) is 6.75. The van der Waals surface area contributed by atoms with Gasteiger partial charge in [-0.15, -0.1) is 0 Å². The van der Waals surface area contributed by atoms with Crippen molar-refractivity contribution in [3.8, 4) is 0 Å². The van der Waals surface area contributed by atoms with E-state index in [2.05, 4.69) is 5.32 Å². The van der Waals surface area contributed by atoms with E-state index in [1.54, 1.807) is 0 Å². The van der Waals surface area contributed by atoms with Crippen molar-refractivity contribution >= 4 is 11.8 Å². The molecule has 4 nitrogen and oxygen atoms in total. The molecule has 3 fully saturated rings. The third kappa shape index (κ3) is 3.94. The molecule has 0 aromatic heterocycles. The standard InChI is InChI=1S/C16H29NO3S/c1-15(18,11-14-12-19-7-5-17-14)13-2-6-20-16(10-13)3-8-21-9-4-16/h13-14,17-18H,2-12H2,1H3. The molecule has 0 radical (unpaired) electrons. The molecule has 0 aromatic carbocycles. The fourth-order valence-electron chi connectivity index (χ4n) is 4.07. The van der Waals surface area contributed by atoms with Gasteiger partial charge in [0, 0.05) is 19.2 Å². The minimum atomic E-state index is -0.625. The topological polar surface area (TPSA) is 50.7 Å². The minimum Gasteiger partial charge on any atom is -0.390 e. The first-order valence-electron chi connectivity index (χ1n) is 8.35. The van der Waals surface area contributed by atoms with Crippen molar-refractivity contribution in [3.63, 3.8) is 0 Å². The van der Waals surface area contributed by atoms with Crippen LogP contribution in [0, 0.1) is 5.92 Å². The molecule has 122 valence electrons. The molecule has 3 heterocycles. The first kappa shape index (κ1) is 16.1. The Bertz CT molecular complexity index is 333. The second-order valence-corrected chi connectivity index (χ2v) is 8.35. The number of ether oxygens (including phenoxy) is 2. The van der Waals surface area contributed by atoms with Crippen LogP contribution in [0.2, 0.25) is 0 Å². The van der Waals surface area contributed by atoms with Crippen LogP contribution in [0.4, 0.5) is 0 Å². The number of aliphatic hydroxyl groups is 1. The molecule has 3 saturated heterocycles. The van der Waals surface area contributed by atoms with Crippen molar-refractivity contribution < 1.29 is 14.6 Å². The van der Waals surface area contributed by atoms with Gasteiger partial charge in [-0.2, -0.15) is 11.8 Å². The number of rotatable bonds is 3. The average molecular weight is 315 g/mol. The summed E-state index contributed by atoms with van der Waals surface area (Å²) in [4.78, 5) is 0. The Labute approximate surface area is 132 Å². The molecule has 2 N–H and O–H groups in total. The fraction of sp³-hybridized carbons (Fsp3) is 1.00. The number of hydrogen-bond donors (Lipinski definition) is 2. The Hall–Kier alpha value is 0.190. The van der Waals surface area contributed by atoms with Gasteiger partial charge < -0.3 is 19.9 Å². The van der Waals surface area contributed by atoms with E-state index in [4.69, 9.17) is 9.47 Å². The van der Waals surface area contributed by atoms with Crippen LogP contribution in [0.1, 0.15) is 39.0 Å². The van der Waals surface area contributed by atoms with E-state index in [1.807, 2.05) is 18.7 Å². The van der Waals surface area contributed by atoms with Crippen molar-refractivity contribution in [3.05, 3.63) is 0 Å². The zero-order chi connectivity index (χ0) is 14.8. The highest BCUT2D eigenvalue weighted by atomic mass is 32.2. The zero-order valence-corrected chi connectivity index (χ0v) is 13.9. The summed E-state index contributed by atoms with van der Waals surface area (Å²) in [6, 6.07) is 0.287. The summed E-state index contributed by atoms with van der Waals surface area (Å²) in [5, 5.41) is 14.5. The summed E-state index contributed by atoms with van der Waals surface area (Å²) in [5.74, 6) is 2.75. The maximum absolute atomic E-state index is 11.0. The van der Waals surface area contributed by atoms with Gasteiger partial charge in [-0.25, -0.2) is 0 Å². The number of morpholine rings is 1. The van der Waals surface area contributed by atoms with E-state index < -0.39 is 5.60 Å². The third-order valence-electron chi connectivity index (χ3n) is 5.43. The van der Waals surface area contributed by atoms with Crippen LogP contribution in [0.25, 0.3) is 0 Å². The molecule has 0 aliphatic carbocycles. The van der Waals surface area contributed by atoms with Gasteiger partial charge in [0.2, 0.25) is 0 Å². The highest BCUT2D eigenvalue weighted by molar-refractivity contribution is 7.99. The average Bonchev–Trinajstić information content (AvgIpc) is 2.49. The van der Waals surface area contributed by atoms with Crippen molar-refractivity contribution in [1.82, 2.24) is 5.32 Å². The Morgan fingerprint density at radius 3 is 2.86 bits per heavy atom. The van der Waals surface area contributed by atoms with Crippen LogP contribution < -0.4 is 5.32 Å². The van der Waals surface area contributed by atoms with Crippen LogP contribution in [-0.2, 0) is 9.47 Å². The molecule has 3 atom stereocenters. The molecular weight excluding hydrogens is 286 g/mol. The van der Waals surface area contributed by atoms with Crippen LogP contribution in [0.15, 0.2) is 0 Å². The van der Waals surface area contributed by atoms with Crippen LogP contribution in [0.5, 0.6) is 0 Å². The second-order valence-electron chi connectivity index (χ2n) is 7.12. The molecule has 3 aliphatic heterocycles. The first-order chi connectivity index (χ1) is 10.1. The summed E-state index contributed by atoms with van der Waals surface area (Å²) in [6.07, 6.45) is 5.08. The van der Waals surface area contributed by atoms with E-state index in [0.29, 0.717) is 5.92 Å². The molecule has 0 bridgehead atoms. The summed E-state index contributed by atoms with van der Waals surface area (Å²) >= 11 is 2.03. The summed E-state index contributed by atoms with van der Waals surface area (Å²) in [7, 11) is 0. The van der Waals surface area contributed by atoms with Crippen molar-refractivity contribution in [2.24, 2.45) is 5.92 Å². The van der Waals surface area contributed by atoms with Gasteiger partial charge in [-0.3, -0.25) is 0 Å². The van der Waals surface area contributed by atoms with Crippen LogP contribution in [-0.4, -0.2) is 60.2 Å². The summed E-state index contributed by atoms with van der Waals surface area (Å²) in [6.45, 7) is 5.23. The summed E-state index contributed by atoms with van der Waals surface area (Å²) < 4.78 is 11.7. The van der Waals surface area contributed by atoms with E-state index in [-0.39, 0.29) is 11.6 Å². The monoisotopic (exact) mass is 315 g/mol. The number of hydrogen-bond acceptors (Lipinski definition) is 5. The number of thioether (sulfide) groups is 1. The molecule has 21 heavy (non-hydrogen) atoms. The molecule has 3 unspecified atom stereocenters. The predicted molar refractivity (Wildman–Crippen MR) is 85.8 cm³/mol. The molecule has 0 amide bonds. The lowest BCUT2D eigenvalue weighted by atomic mass is 9.72.